The van der Waals surface area contributed by atoms with E-state index in [1.165, 1.54) is 17.2 Å². The molecule has 0 N–H and O–H groups in total. The molecule has 45 heavy (non-hydrogen) atoms. The van der Waals surface area contributed by atoms with E-state index in [2.05, 4.69) is 72.8 Å². The van der Waals surface area contributed by atoms with Crippen molar-refractivity contribution < 1.29 is 13.9 Å². The van der Waals surface area contributed by atoms with Crippen LogP contribution in [0, 0.1) is 5.82 Å². The number of nitrogens with zero attached hydrogens (tertiary/aromatic N) is 1. The minimum absolute atomic E-state index is 0.269. The van der Waals surface area contributed by atoms with Crippen LogP contribution in [0.2, 0.25) is 0 Å². The van der Waals surface area contributed by atoms with Crippen LogP contribution in [0.1, 0.15) is 0 Å². The lowest BCUT2D eigenvalue weighted by Crippen LogP contribution is -1.96. The maximum absolute atomic E-state index is 14.0. The van der Waals surface area contributed by atoms with Gasteiger partial charge in [-0.25, -0.2) is 4.39 Å². The van der Waals surface area contributed by atoms with E-state index in [0.717, 1.165) is 55.4 Å². The van der Waals surface area contributed by atoms with Crippen LogP contribution >= 0.6 is 0 Å². The Labute approximate surface area is 262 Å². The van der Waals surface area contributed by atoms with Gasteiger partial charge in [-0.05, 0) is 87.0 Å². The topological polar surface area (TPSA) is 31.4 Å². The van der Waals surface area contributed by atoms with E-state index in [4.69, 9.17) is 14.5 Å². The smallest absolute Gasteiger partial charge is 0.168 e. The molecular formula is C41H30FNO2. The fraction of sp³-hybridized carbons (Fsp3) is 0.0488. The zero-order chi connectivity index (χ0) is 30.8. The van der Waals surface area contributed by atoms with Crippen LogP contribution in [0.15, 0.2) is 146 Å². The van der Waals surface area contributed by atoms with Crippen molar-refractivity contribution in [2.24, 2.45) is 0 Å². The molecule has 3 nitrogen and oxygen atoms in total. The Hall–Kier alpha value is -5.74. The summed E-state index contributed by atoms with van der Waals surface area (Å²) in [6.45, 7) is 0. The highest BCUT2D eigenvalue weighted by atomic mass is 19.1. The average Bonchev–Trinajstić information content (AvgIpc) is 3.11. The molecule has 1 heterocycles. The number of hydrogen-bond acceptors (Lipinski definition) is 3. The van der Waals surface area contributed by atoms with Crippen molar-refractivity contribution in [1.29, 1.82) is 0 Å². The van der Waals surface area contributed by atoms with Gasteiger partial charge in [0.15, 0.2) is 11.5 Å². The summed E-state index contributed by atoms with van der Waals surface area (Å²) in [4.78, 5) is 4.86. The molecule has 6 aromatic carbocycles. The minimum atomic E-state index is -0.269. The Morgan fingerprint density at radius 1 is 0.467 bits per heavy atom. The summed E-state index contributed by atoms with van der Waals surface area (Å²) in [6.07, 6.45) is 1.90. The number of ether oxygens (including phenoxy) is 2. The molecule has 0 spiro atoms. The number of benzene rings is 6. The van der Waals surface area contributed by atoms with Crippen molar-refractivity contribution in [3.63, 3.8) is 0 Å². The first-order valence-electron chi connectivity index (χ1n) is 14.8. The molecule has 0 amide bonds. The summed E-state index contributed by atoms with van der Waals surface area (Å²) in [5.74, 6) is 0.978. The summed E-state index contributed by atoms with van der Waals surface area (Å²) in [6, 6.07) is 46.2. The molecule has 0 saturated carbocycles. The number of hydrogen-bond donors (Lipinski definition) is 0. The van der Waals surface area contributed by atoms with Gasteiger partial charge < -0.3 is 9.47 Å². The third kappa shape index (κ3) is 5.54. The lowest BCUT2D eigenvalue weighted by Gasteiger charge is -2.17. The average molecular weight is 588 g/mol. The fourth-order valence-corrected chi connectivity index (χ4v) is 5.91. The molecule has 0 atom stereocenters. The second-order valence-corrected chi connectivity index (χ2v) is 10.9. The van der Waals surface area contributed by atoms with Crippen molar-refractivity contribution in [3.8, 4) is 67.1 Å². The number of aromatic nitrogens is 1. The van der Waals surface area contributed by atoms with Crippen LogP contribution in [-0.4, -0.2) is 19.2 Å². The van der Waals surface area contributed by atoms with Crippen molar-refractivity contribution in [3.05, 3.63) is 152 Å². The van der Waals surface area contributed by atoms with E-state index >= 15 is 0 Å². The first-order valence-corrected chi connectivity index (χ1v) is 14.8. The van der Waals surface area contributed by atoms with Crippen LogP contribution in [0.5, 0.6) is 11.5 Å². The van der Waals surface area contributed by atoms with Crippen LogP contribution < -0.4 is 9.47 Å². The zero-order valence-corrected chi connectivity index (χ0v) is 25.0. The van der Waals surface area contributed by atoms with E-state index in [-0.39, 0.29) is 5.82 Å². The lowest BCUT2D eigenvalue weighted by atomic mass is 9.93. The quantitative estimate of drug-likeness (QED) is 0.186. The monoisotopic (exact) mass is 587 g/mol. The van der Waals surface area contributed by atoms with Crippen LogP contribution in [0.3, 0.4) is 0 Å². The molecule has 218 valence electrons. The van der Waals surface area contributed by atoms with E-state index in [9.17, 15) is 4.39 Å². The van der Waals surface area contributed by atoms with Gasteiger partial charge in [0.25, 0.3) is 0 Å². The molecule has 7 rings (SSSR count). The van der Waals surface area contributed by atoms with Gasteiger partial charge >= 0.3 is 0 Å². The Balaban J connectivity index is 1.33. The largest absolute Gasteiger partial charge is 0.493 e. The van der Waals surface area contributed by atoms with Crippen molar-refractivity contribution in [1.82, 2.24) is 4.98 Å². The first kappa shape index (κ1) is 28.1. The SMILES string of the molecule is COc1cc(-c2cnc3cccc(-c4ccc(-c5ccccc5)cc4)c3c2)cc(-c2cccc(-c3cccc(F)c3)c2)c1OC. The molecule has 0 saturated heterocycles. The van der Waals surface area contributed by atoms with Gasteiger partial charge in [0.2, 0.25) is 0 Å². The van der Waals surface area contributed by atoms with Gasteiger partial charge in [0.05, 0.1) is 19.7 Å². The highest BCUT2D eigenvalue weighted by Gasteiger charge is 2.17. The minimum Gasteiger partial charge on any atom is -0.493 e. The second-order valence-electron chi connectivity index (χ2n) is 10.9. The van der Waals surface area contributed by atoms with E-state index < -0.39 is 0 Å². The zero-order valence-electron chi connectivity index (χ0n) is 25.0. The standard InChI is InChI=1S/C41H30FNO2/c1-44-40-25-33(23-37(41(40)45-2)32-13-6-11-30(21-32)31-12-7-14-35(42)22-31)34-24-38-36(15-8-16-39(38)43-26-34)29-19-17-28(18-20-29)27-9-4-3-5-10-27/h3-26H,1-2H3. The van der Waals surface area contributed by atoms with Gasteiger partial charge in [-0.2, -0.15) is 0 Å². The van der Waals surface area contributed by atoms with E-state index in [0.29, 0.717) is 11.5 Å². The Morgan fingerprint density at radius 2 is 1.13 bits per heavy atom. The summed E-state index contributed by atoms with van der Waals surface area (Å²) in [7, 11) is 3.29. The molecule has 0 unspecified atom stereocenters. The Kier molecular flexibility index (Phi) is 7.54. The van der Waals surface area contributed by atoms with Crippen LogP contribution in [0.4, 0.5) is 4.39 Å². The molecule has 0 aliphatic heterocycles. The molecule has 7 aromatic rings. The number of pyridine rings is 1. The third-order valence-electron chi connectivity index (χ3n) is 8.17. The highest BCUT2D eigenvalue weighted by Crippen LogP contribution is 2.43. The summed E-state index contributed by atoms with van der Waals surface area (Å²) >= 11 is 0. The summed E-state index contributed by atoms with van der Waals surface area (Å²) < 4.78 is 25.7. The molecule has 0 bridgehead atoms. The van der Waals surface area contributed by atoms with Gasteiger partial charge in [0.1, 0.15) is 5.82 Å². The van der Waals surface area contributed by atoms with E-state index in [1.54, 1.807) is 26.4 Å². The number of halogens is 1. The van der Waals surface area contributed by atoms with Crippen molar-refractivity contribution in [2.75, 3.05) is 14.2 Å². The normalized spacial score (nSPS) is 11.0. The predicted molar refractivity (Wildman–Crippen MR) is 182 cm³/mol. The van der Waals surface area contributed by atoms with Crippen LogP contribution in [0.25, 0.3) is 66.5 Å². The predicted octanol–water partition coefficient (Wildman–Crippen LogP) is 10.7. The highest BCUT2D eigenvalue weighted by molar-refractivity contribution is 5.97. The number of fused-ring (bicyclic) bond motifs is 1. The fourth-order valence-electron chi connectivity index (χ4n) is 5.91. The van der Waals surface area contributed by atoms with Gasteiger partial charge in [-0.1, -0.05) is 97.1 Å². The first-order chi connectivity index (χ1) is 22.1. The molecule has 0 aliphatic rings. The molecule has 0 aliphatic carbocycles. The lowest BCUT2D eigenvalue weighted by molar-refractivity contribution is 0.356. The number of methoxy groups -OCH3 is 2. The van der Waals surface area contributed by atoms with E-state index in [1.807, 2.05) is 54.7 Å². The third-order valence-corrected chi connectivity index (χ3v) is 8.17. The van der Waals surface area contributed by atoms with Gasteiger partial charge in [-0.3, -0.25) is 4.98 Å². The maximum Gasteiger partial charge on any atom is 0.168 e. The molecule has 0 fully saturated rings. The summed E-state index contributed by atoms with van der Waals surface area (Å²) in [5.41, 5.74) is 11.0. The molecular weight excluding hydrogens is 557 g/mol. The summed E-state index contributed by atoms with van der Waals surface area (Å²) in [5, 5.41) is 1.06. The molecule has 0 radical (unpaired) electrons. The van der Waals surface area contributed by atoms with Crippen molar-refractivity contribution in [2.45, 2.75) is 0 Å². The van der Waals surface area contributed by atoms with Gasteiger partial charge in [0, 0.05) is 22.7 Å². The Bertz CT molecular complexity index is 2140. The Morgan fingerprint density at radius 3 is 1.89 bits per heavy atom. The molecule has 4 heteroatoms. The maximum atomic E-state index is 14.0. The van der Waals surface area contributed by atoms with Crippen molar-refractivity contribution >= 4 is 10.9 Å². The van der Waals surface area contributed by atoms with Gasteiger partial charge in [-0.15, -0.1) is 0 Å². The second kappa shape index (κ2) is 12.1. The molecule has 1 aromatic heterocycles. The number of rotatable bonds is 7. The van der Waals surface area contributed by atoms with Crippen LogP contribution in [-0.2, 0) is 0 Å².